The number of amides is 4. The fourth-order valence-corrected chi connectivity index (χ4v) is 3.54. The van der Waals surface area contributed by atoms with Gasteiger partial charge in [0, 0.05) is 18.0 Å². The summed E-state index contributed by atoms with van der Waals surface area (Å²) in [5.74, 6) is 0.141. The van der Waals surface area contributed by atoms with Crippen LogP contribution in [0.25, 0.3) is 10.9 Å². The number of carbonyl (C=O) groups excluding carboxylic acids is 3. The third kappa shape index (κ3) is 4.48. The zero-order valence-electron chi connectivity index (χ0n) is 17.0. The van der Waals surface area contributed by atoms with Crippen LogP contribution in [-0.2, 0) is 16.1 Å². The minimum atomic E-state index is -0.717. The lowest BCUT2D eigenvalue weighted by atomic mass is 10.1. The summed E-state index contributed by atoms with van der Waals surface area (Å²) in [4.78, 5) is 42.8. The molecule has 0 unspecified atom stereocenters. The number of nitrogens with one attached hydrogen (secondary N) is 2. The highest BCUT2D eigenvalue weighted by molar-refractivity contribution is 6.05. The molecule has 1 aliphatic heterocycles. The fraction of sp³-hybridized carbons (Fsp3) is 0.217. The summed E-state index contributed by atoms with van der Waals surface area (Å²) in [6.45, 7) is 0.167. The minimum Gasteiger partial charge on any atom is -0.497 e. The first-order chi connectivity index (χ1) is 15.0. The van der Waals surface area contributed by atoms with Crippen LogP contribution in [0.5, 0.6) is 5.75 Å². The molecule has 0 radical (unpaired) electrons. The number of hydrogen-bond donors (Lipinski definition) is 2. The van der Waals surface area contributed by atoms with Gasteiger partial charge in [-0.1, -0.05) is 18.2 Å². The number of benzene rings is 2. The van der Waals surface area contributed by atoms with E-state index in [1.165, 1.54) is 4.90 Å². The van der Waals surface area contributed by atoms with Crippen molar-refractivity contribution in [3.63, 3.8) is 0 Å². The summed E-state index contributed by atoms with van der Waals surface area (Å²) >= 11 is 0. The number of nitrogens with zero attached hydrogens (tertiary/aromatic N) is 2. The second-order valence-electron chi connectivity index (χ2n) is 7.24. The number of hydrogen-bond acceptors (Lipinski definition) is 5. The van der Waals surface area contributed by atoms with E-state index in [0.717, 1.165) is 16.5 Å². The van der Waals surface area contributed by atoms with Crippen LogP contribution in [0.1, 0.15) is 18.4 Å². The molecule has 31 heavy (non-hydrogen) atoms. The van der Waals surface area contributed by atoms with Crippen molar-refractivity contribution >= 4 is 34.4 Å². The van der Waals surface area contributed by atoms with E-state index < -0.39 is 12.1 Å². The molecular weight excluding hydrogens is 396 g/mol. The number of rotatable bonds is 7. The zero-order valence-corrected chi connectivity index (χ0v) is 17.0. The Bertz CT molecular complexity index is 1120. The highest BCUT2D eigenvalue weighted by atomic mass is 16.5. The molecule has 0 spiro atoms. The first-order valence-electron chi connectivity index (χ1n) is 9.93. The third-order valence-corrected chi connectivity index (χ3v) is 5.19. The molecule has 8 nitrogen and oxygen atoms in total. The second kappa shape index (κ2) is 8.83. The molecule has 8 heteroatoms. The molecule has 0 aliphatic carbocycles. The molecule has 1 fully saturated rings. The van der Waals surface area contributed by atoms with Gasteiger partial charge in [0.2, 0.25) is 5.91 Å². The monoisotopic (exact) mass is 418 g/mol. The molecule has 2 aromatic carbocycles. The van der Waals surface area contributed by atoms with E-state index >= 15 is 0 Å². The summed E-state index contributed by atoms with van der Waals surface area (Å²) in [6, 6.07) is 15.2. The minimum absolute atomic E-state index is 0.101. The largest absolute Gasteiger partial charge is 0.497 e. The van der Waals surface area contributed by atoms with Gasteiger partial charge in [0.1, 0.15) is 11.8 Å². The van der Waals surface area contributed by atoms with Crippen molar-refractivity contribution in [3.05, 3.63) is 66.4 Å². The van der Waals surface area contributed by atoms with Crippen LogP contribution in [-0.4, -0.2) is 40.9 Å². The van der Waals surface area contributed by atoms with Crippen LogP contribution in [0, 0.1) is 0 Å². The van der Waals surface area contributed by atoms with E-state index in [-0.39, 0.29) is 31.2 Å². The molecule has 158 valence electrons. The Kier molecular flexibility index (Phi) is 5.79. The molecule has 0 bridgehead atoms. The molecule has 4 rings (SSSR count). The van der Waals surface area contributed by atoms with E-state index in [4.69, 9.17) is 4.74 Å². The lowest BCUT2D eigenvalue weighted by molar-refractivity contribution is -0.128. The van der Waals surface area contributed by atoms with Crippen molar-refractivity contribution in [2.45, 2.75) is 25.4 Å². The van der Waals surface area contributed by atoms with Gasteiger partial charge in [-0.2, -0.15) is 0 Å². The van der Waals surface area contributed by atoms with Crippen molar-refractivity contribution in [1.82, 2.24) is 15.2 Å². The van der Waals surface area contributed by atoms with Crippen molar-refractivity contribution < 1.29 is 19.1 Å². The smallest absolute Gasteiger partial charge is 0.325 e. The number of aromatic nitrogens is 1. The van der Waals surface area contributed by atoms with E-state index in [0.29, 0.717) is 11.4 Å². The molecular formula is C23H22N4O4. The highest BCUT2D eigenvalue weighted by Crippen LogP contribution is 2.22. The Morgan fingerprint density at radius 3 is 2.71 bits per heavy atom. The average molecular weight is 418 g/mol. The summed E-state index contributed by atoms with van der Waals surface area (Å²) < 4.78 is 5.12. The number of ether oxygens (including phenoxy) is 1. The van der Waals surface area contributed by atoms with E-state index in [2.05, 4.69) is 15.6 Å². The van der Waals surface area contributed by atoms with Crippen molar-refractivity contribution in [2.75, 3.05) is 12.4 Å². The van der Waals surface area contributed by atoms with Crippen molar-refractivity contribution in [3.8, 4) is 5.75 Å². The molecule has 1 atom stereocenters. The first kappa shape index (κ1) is 20.3. The Balaban J connectivity index is 1.34. The van der Waals surface area contributed by atoms with Gasteiger partial charge in [0.15, 0.2) is 0 Å². The number of pyridine rings is 1. The van der Waals surface area contributed by atoms with Gasteiger partial charge in [-0.05, 0) is 48.4 Å². The molecule has 1 saturated heterocycles. The van der Waals surface area contributed by atoms with Crippen LogP contribution in [0.2, 0.25) is 0 Å². The fourth-order valence-electron chi connectivity index (χ4n) is 3.54. The number of carbonyl (C=O) groups is 3. The average Bonchev–Trinajstić information content (AvgIpc) is 3.06. The maximum atomic E-state index is 12.7. The standard InChI is InChI=1S/C23H22N4O4/c1-31-16-9-7-15(8-10-16)14-27-22(29)20(26-23(27)30)11-12-21(28)25-19-6-2-5-18-17(19)4-3-13-24-18/h2-10,13,20H,11-12,14H2,1H3,(H,25,28)(H,26,30)/t20-/m0/s1. The lowest BCUT2D eigenvalue weighted by Gasteiger charge is -2.13. The van der Waals surface area contributed by atoms with Crippen LogP contribution in [0.15, 0.2) is 60.8 Å². The maximum Gasteiger partial charge on any atom is 0.325 e. The van der Waals surface area contributed by atoms with Gasteiger partial charge in [-0.3, -0.25) is 19.5 Å². The molecule has 0 saturated carbocycles. The van der Waals surface area contributed by atoms with Crippen LogP contribution in [0.4, 0.5) is 10.5 Å². The van der Waals surface area contributed by atoms with Gasteiger partial charge in [-0.15, -0.1) is 0 Å². The van der Waals surface area contributed by atoms with Gasteiger partial charge in [0.25, 0.3) is 5.91 Å². The van der Waals surface area contributed by atoms with E-state index in [9.17, 15) is 14.4 Å². The molecule has 2 N–H and O–H groups in total. The number of imide groups is 1. The Morgan fingerprint density at radius 2 is 1.94 bits per heavy atom. The Hall–Kier alpha value is -3.94. The molecule has 4 amide bonds. The van der Waals surface area contributed by atoms with Crippen LogP contribution >= 0.6 is 0 Å². The molecule has 1 aromatic heterocycles. The number of fused-ring (bicyclic) bond motifs is 1. The second-order valence-corrected chi connectivity index (χ2v) is 7.24. The van der Waals surface area contributed by atoms with E-state index in [1.54, 1.807) is 43.6 Å². The van der Waals surface area contributed by atoms with Gasteiger partial charge < -0.3 is 15.4 Å². The normalized spacial score (nSPS) is 15.8. The molecule has 3 aromatic rings. The maximum absolute atomic E-state index is 12.7. The summed E-state index contributed by atoms with van der Waals surface area (Å²) in [5, 5.41) is 6.38. The topological polar surface area (TPSA) is 101 Å². The summed E-state index contributed by atoms with van der Waals surface area (Å²) in [7, 11) is 1.57. The number of methoxy groups -OCH3 is 1. The van der Waals surface area contributed by atoms with Gasteiger partial charge in [0.05, 0.1) is 24.9 Å². The van der Waals surface area contributed by atoms with E-state index in [1.807, 2.05) is 24.3 Å². The molecule has 2 heterocycles. The predicted octanol–water partition coefficient (Wildman–Crippen LogP) is 3.08. The van der Waals surface area contributed by atoms with Gasteiger partial charge >= 0.3 is 6.03 Å². The first-order valence-corrected chi connectivity index (χ1v) is 9.93. The predicted molar refractivity (Wildman–Crippen MR) is 115 cm³/mol. The summed E-state index contributed by atoms with van der Waals surface area (Å²) in [5.41, 5.74) is 2.26. The number of anilines is 1. The molecule has 1 aliphatic rings. The highest BCUT2D eigenvalue weighted by Gasteiger charge is 2.37. The number of urea groups is 1. The van der Waals surface area contributed by atoms with Crippen LogP contribution in [0.3, 0.4) is 0 Å². The van der Waals surface area contributed by atoms with Crippen molar-refractivity contribution in [1.29, 1.82) is 0 Å². The van der Waals surface area contributed by atoms with Crippen molar-refractivity contribution in [2.24, 2.45) is 0 Å². The van der Waals surface area contributed by atoms with Crippen LogP contribution < -0.4 is 15.4 Å². The summed E-state index contributed by atoms with van der Waals surface area (Å²) in [6.07, 6.45) is 2.02. The third-order valence-electron chi connectivity index (χ3n) is 5.19. The zero-order chi connectivity index (χ0) is 21.8. The van der Waals surface area contributed by atoms with Gasteiger partial charge in [-0.25, -0.2) is 4.79 Å². The Morgan fingerprint density at radius 1 is 1.13 bits per heavy atom. The quantitative estimate of drug-likeness (QED) is 0.575. The Labute approximate surface area is 179 Å². The SMILES string of the molecule is COc1ccc(CN2C(=O)N[C@@H](CCC(=O)Nc3cccc4ncccc34)C2=O)cc1. The lowest BCUT2D eigenvalue weighted by Crippen LogP contribution is -2.31.